The van der Waals surface area contributed by atoms with Gasteiger partial charge in [-0.25, -0.2) is 4.39 Å². The predicted octanol–water partition coefficient (Wildman–Crippen LogP) is 2.20. The Hall–Kier alpha value is -1.14. The Balaban J connectivity index is 2.45. The number of hydrogen-bond acceptors (Lipinski definition) is 3. The Morgan fingerprint density at radius 3 is 2.84 bits per heavy atom. The quantitative estimate of drug-likeness (QED) is 0.868. The summed E-state index contributed by atoms with van der Waals surface area (Å²) in [6.45, 7) is 2.01. The molecule has 1 atom stereocenters. The number of carbonyl (C=O) groups is 1. The van der Waals surface area contributed by atoms with Crippen molar-refractivity contribution in [3.8, 4) is 5.75 Å². The van der Waals surface area contributed by atoms with Crippen LogP contribution in [0.5, 0.6) is 5.75 Å². The molecule has 1 aromatic rings. The van der Waals surface area contributed by atoms with Gasteiger partial charge in [0.2, 0.25) is 0 Å². The van der Waals surface area contributed by atoms with Gasteiger partial charge in [-0.2, -0.15) is 0 Å². The molecule has 0 aromatic heterocycles. The van der Waals surface area contributed by atoms with Crippen molar-refractivity contribution >= 4 is 21.8 Å². The Labute approximate surface area is 120 Å². The average molecular weight is 334 g/mol. The first kappa shape index (κ1) is 15.9. The highest BCUT2D eigenvalue weighted by atomic mass is 79.9. The van der Waals surface area contributed by atoms with Gasteiger partial charge in [-0.05, 0) is 47.5 Å². The molecule has 1 amide bonds. The third kappa shape index (κ3) is 5.57. The van der Waals surface area contributed by atoms with E-state index in [4.69, 9.17) is 9.84 Å². The van der Waals surface area contributed by atoms with Crippen molar-refractivity contribution in [1.29, 1.82) is 0 Å². The van der Waals surface area contributed by atoms with Crippen LogP contribution in [-0.2, 0) is 4.79 Å². The van der Waals surface area contributed by atoms with Gasteiger partial charge in [-0.15, -0.1) is 0 Å². The molecule has 19 heavy (non-hydrogen) atoms. The Kier molecular flexibility index (Phi) is 6.24. The van der Waals surface area contributed by atoms with Crippen LogP contribution in [0.4, 0.5) is 4.39 Å². The van der Waals surface area contributed by atoms with E-state index in [1.165, 1.54) is 23.1 Å². The van der Waals surface area contributed by atoms with Gasteiger partial charge in [0.25, 0.3) is 5.91 Å². The van der Waals surface area contributed by atoms with Crippen LogP contribution in [0.3, 0.4) is 0 Å². The number of hydrogen-bond donors (Lipinski definition) is 1. The number of nitrogens with zero attached hydrogens (tertiary/aromatic N) is 1. The van der Waals surface area contributed by atoms with E-state index in [0.717, 1.165) is 0 Å². The average Bonchev–Trinajstić information content (AvgIpc) is 2.34. The lowest BCUT2D eigenvalue weighted by molar-refractivity contribution is -0.132. The van der Waals surface area contributed by atoms with E-state index in [-0.39, 0.29) is 18.3 Å². The topological polar surface area (TPSA) is 49.8 Å². The number of halogens is 2. The second kappa shape index (κ2) is 7.45. The van der Waals surface area contributed by atoms with Gasteiger partial charge in [0.05, 0.1) is 10.6 Å². The highest BCUT2D eigenvalue weighted by molar-refractivity contribution is 9.10. The summed E-state index contributed by atoms with van der Waals surface area (Å²) in [5, 5.41) is 9.14. The fourth-order valence-electron chi connectivity index (χ4n) is 1.35. The maximum absolute atomic E-state index is 12.9. The van der Waals surface area contributed by atoms with Crippen molar-refractivity contribution in [1.82, 2.24) is 4.90 Å². The van der Waals surface area contributed by atoms with E-state index < -0.39 is 6.10 Å². The van der Waals surface area contributed by atoms with Crippen LogP contribution in [-0.4, -0.2) is 42.2 Å². The minimum atomic E-state index is -0.442. The van der Waals surface area contributed by atoms with E-state index >= 15 is 0 Å². The van der Waals surface area contributed by atoms with Crippen LogP contribution in [0.25, 0.3) is 0 Å². The molecule has 0 aliphatic carbocycles. The number of aliphatic hydroxyl groups excluding tert-OH is 1. The molecule has 1 rings (SSSR count). The lowest BCUT2D eigenvalue weighted by Crippen LogP contribution is -2.33. The van der Waals surface area contributed by atoms with Crippen molar-refractivity contribution < 1.29 is 19.0 Å². The summed E-state index contributed by atoms with van der Waals surface area (Å²) in [6, 6.07) is 4.00. The normalized spacial score (nSPS) is 12.1. The van der Waals surface area contributed by atoms with Crippen molar-refractivity contribution in [2.45, 2.75) is 19.4 Å². The van der Waals surface area contributed by atoms with E-state index in [0.29, 0.717) is 23.2 Å². The van der Waals surface area contributed by atoms with Gasteiger partial charge in [0.15, 0.2) is 6.61 Å². The lowest BCUT2D eigenvalue weighted by Gasteiger charge is -2.18. The molecule has 0 bridgehead atoms. The summed E-state index contributed by atoms with van der Waals surface area (Å²) in [6.07, 6.45) is 0.0741. The molecule has 6 heteroatoms. The molecule has 1 unspecified atom stereocenters. The zero-order valence-electron chi connectivity index (χ0n) is 10.9. The summed E-state index contributed by atoms with van der Waals surface area (Å²) >= 11 is 3.16. The van der Waals surface area contributed by atoms with E-state index in [1.54, 1.807) is 14.0 Å². The number of amides is 1. The minimum absolute atomic E-state index is 0.124. The summed E-state index contributed by atoms with van der Waals surface area (Å²) < 4.78 is 18.6. The van der Waals surface area contributed by atoms with Crippen molar-refractivity contribution in [3.05, 3.63) is 28.5 Å². The smallest absolute Gasteiger partial charge is 0.260 e. The van der Waals surface area contributed by atoms with Gasteiger partial charge >= 0.3 is 0 Å². The van der Waals surface area contributed by atoms with E-state index in [2.05, 4.69) is 15.9 Å². The van der Waals surface area contributed by atoms with Crippen LogP contribution in [0, 0.1) is 5.82 Å². The minimum Gasteiger partial charge on any atom is -0.483 e. The molecule has 0 aliphatic heterocycles. The molecule has 0 saturated carbocycles. The number of rotatable bonds is 6. The fraction of sp³-hybridized carbons (Fsp3) is 0.462. The highest BCUT2D eigenvalue weighted by Crippen LogP contribution is 2.25. The van der Waals surface area contributed by atoms with Gasteiger partial charge in [-0.1, -0.05) is 0 Å². The zero-order valence-corrected chi connectivity index (χ0v) is 12.5. The van der Waals surface area contributed by atoms with Crippen LogP contribution in [0.15, 0.2) is 22.7 Å². The number of aliphatic hydroxyl groups is 1. The fourth-order valence-corrected chi connectivity index (χ4v) is 1.81. The Morgan fingerprint density at radius 1 is 1.58 bits per heavy atom. The van der Waals surface area contributed by atoms with Crippen LogP contribution >= 0.6 is 15.9 Å². The van der Waals surface area contributed by atoms with Gasteiger partial charge in [0.1, 0.15) is 11.6 Å². The summed E-state index contributed by atoms with van der Waals surface area (Å²) in [5.74, 6) is -0.157. The number of carbonyl (C=O) groups excluding carboxylic acids is 1. The molecule has 1 aromatic carbocycles. The predicted molar refractivity (Wildman–Crippen MR) is 73.5 cm³/mol. The molecule has 4 nitrogen and oxygen atoms in total. The molecule has 0 spiro atoms. The molecule has 0 radical (unpaired) electrons. The highest BCUT2D eigenvalue weighted by Gasteiger charge is 2.11. The third-order valence-corrected chi connectivity index (χ3v) is 3.17. The molecule has 0 fully saturated rings. The molecule has 0 heterocycles. The lowest BCUT2D eigenvalue weighted by atomic mass is 10.3. The zero-order chi connectivity index (χ0) is 14.4. The monoisotopic (exact) mass is 333 g/mol. The van der Waals surface area contributed by atoms with Gasteiger partial charge in [-0.3, -0.25) is 4.79 Å². The van der Waals surface area contributed by atoms with Gasteiger partial charge in [0, 0.05) is 13.6 Å². The molecule has 106 valence electrons. The standard InChI is InChI=1S/C13H17BrFNO3/c1-9(17)5-6-16(2)13(18)8-19-12-4-3-10(15)7-11(12)14/h3-4,7,9,17H,5-6,8H2,1-2H3. The van der Waals surface area contributed by atoms with Gasteiger partial charge < -0.3 is 14.7 Å². The second-order valence-corrected chi connectivity index (χ2v) is 5.17. The largest absolute Gasteiger partial charge is 0.483 e. The van der Waals surface area contributed by atoms with Crippen LogP contribution in [0.1, 0.15) is 13.3 Å². The number of likely N-dealkylation sites (N-methyl/N-ethyl adjacent to an activating group) is 1. The maximum Gasteiger partial charge on any atom is 0.260 e. The number of ether oxygens (including phenoxy) is 1. The molecular weight excluding hydrogens is 317 g/mol. The first-order chi connectivity index (χ1) is 8.90. The first-order valence-electron chi connectivity index (χ1n) is 5.90. The number of benzene rings is 1. The van der Waals surface area contributed by atoms with Crippen molar-refractivity contribution in [2.24, 2.45) is 0 Å². The van der Waals surface area contributed by atoms with Crippen molar-refractivity contribution in [2.75, 3.05) is 20.2 Å². The third-order valence-electron chi connectivity index (χ3n) is 2.55. The van der Waals surface area contributed by atoms with Crippen molar-refractivity contribution in [3.63, 3.8) is 0 Å². The molecular formula is C13H17BrFNO3. The Morgan fingerprint density at radius 2 is 2.26 bits per heavy atom. The van der Waals surface area contributed by atoms with E-state index in [9.17, 15) is 9.18 Å². The van der Waals surface area contributed by atoms with E-state index in [1.807, 2.05) is 0 Å². The summed E-state index contributed by atoms with van der Waals surface area (Å²) in [7, 11) is 1.65. The summed E-state index contributed by atoms with van der Waals surface area (Å²) in [4.78, 5) is 13.2. The molecule has 0 saturated heterocycles. The Bertz CT molecular complexity index is 440. The van der Waals surface area contributed by atoms with Crippen LogP contribution < -0.4 is 4.74 Å². The maximum atomic E-state index is 12.9. The molecule has 0 aliphatic rings. The SMILES string of the molecule is CC(O)CCN(C)C(=O)COc1ccc(F)cc1Br. The molecule has 1 N–H and O–H groups in total. The van der Waals surface area contributed by atoms with Crippen LogP contribution in [0.2, 0.25) is 0 Å². The second-order valence-electron chi connectivity index (χ2n) is 4.32. The first-order valence-corrected chi connectivity index (χ1v) is 6.69. The summed E-state index contributed by atoms with van der Waals surface area (Å²) in [5.41, 5.74) is 0.